The van der Waals surface area contributed by atoms with E-state index in [1.54, 1.807) is 18.2 Å². The van der Waals surface area contributed by atoms with Crippen LogP contribution in [0.4, 0.5) is 0 Å². The monoisotopic (exact) mass is 209 g/mol. The van der Waals surface area contributed by atoms with Gasteiger partial charge in [-0.25, -0.2) is 4.79 Å². The zero-order valence-electron chi connectivity index (χ0n) is 8.90. The molecule has 0 radical (unpaired) electrons. The Labute approximate surface area is 89.2 Å². The van der Waals surface area contributed by atoms with Crippen LogP contribution < -0.4 is 0 Å². The fourth-order valence-corrected chi connectivity index (χ4v) is 1.09. The first-order chi connectivity index (χ1) is 6.99. The van der Waals surface area contributed by atoms with E-state index in [0.29, 0.717) is 12.8 Å². The third kappa shape index (κ3) is 4.43. The van der Waals surface area contributed by atoms with E-state index in [9.17, 15) is 9.90 Å². The molecule has 1 rings (SSSR count). The van der Waals surface area contributed by atoms with Crippen molar-refractivity contribution < 1.29 is 15.0 Å². The fourth-order valence-electron chi connectivity index (χ4n) is 1.09. The number of aliphatic hydroxyl groups is 1. The van der Waals surface area contributed by atoms with Gasteiger partial charge in [-0.15, -0.1) is 0 Å². The summed E-state index contributed by atoms with van der Waals surface area (Å²) in [5, 5.41) is 25.6. The van der Waals surface area contributed by atoms with E-state index in [1.807, 2.05) is 6.92 Å². The minimum Gasteiger partial charge on any atom is -0.478 e. The standard InChI is InChI=1S/C9H12O3.C2H3N/c1-2-9(12)5-3-7(4-6-9)8(10)11;1-2-3/h3-5,12H,2,6H2,1H3,(H,10,11);1H3. The van der Waals surface area contributed by atoms with Gasteiger partial charge in [0.05, 0.1) is 17.2 Å². The van der Waals surface area contributed by atoms with Gasteiger partial charge in [0.1, 0.15) is 0 Å². The summed E-state index contributed by atoms with van der Waals surface area (Å²) >= 11 is 0. The normalized spacial score (nSPS) is 23.2. The van der Waals surface area contributed by atoms with E-state index in [1.165, 1.54) is 13.0 Å². The highest BCUT2D eigenvalue weighted by Gasteiger charge is 2.23. The molecule has 82 valence electrons. The molecule has 4 heteroatoms. The number of hydrogen-bond acceptors (Lipinski definition) is 3. The maximum atomic E-state index is 10.5. The molecule has 0 heterocycles. The van der Waals surface area contributed by atoms with Crippen molar-refractivity contribution in [3.8, 4) is 6.07 Å². The predicted octanol–water partition coefficient (Wildman–Crippen LogP) is 1.63. The van der Waals surface area contributed by atoms with E-state index < -0.39 is 11.6 Å². The number of carboxylic acids is 1. The summed E-state index contributed by atoms with van der Waals surface area (Å²) in [6, 6.07) is 1.75. The lowest BCUT2D eigenvalue weighted by molar-refractivity contribution is -0.132. The van der Waals surface area contributed by atoms with Gasteiger partial charge in [-0.05, 0) is 18.9 Å². The summed E-state index contributed by atoms with van der Waals surface area (Å²) < 4.78 is 0. The minimum atomic E-state index is -0.940. The molecule has 4 nitrogen and oxygen atoms in total. The van der Waals surface area contributed by atoms with Gasteiger partial charge in [0.25, 0.3) is 0 Å². The van der Waals surface area contributed by atoms with E-state index in [2.05, 4.69) is 0 Å². The molecule has 2 N–H and O–H groups in total. The van der Waals surface area contributed by atoms with Crippen LogP contribution in [0.15, 0.2) is 23.8 Å². The molecule has 0 saturated carbocycles. The van der Waals surface area contributed by atoms with Gasteiger partial charge in [-0.1, -0.05) is 19.1 Å². The Kier molecular flexibility index (Phi) is 5.35. The van der Waals surface area contributed by atoms with Gasteiger partial charge < -0.3 is 10.2 Å². The highest BCUT2D eigenvalue weighted by Crippen LogP contribution is 2.23. The van der Waals surface area contributed by atoms with Crippen molar-refractivity contribution in [1.29, 1.82) is 5.26 Å². The van der Waals surface area contributed by atoms with Crippen LogP contribution >= 0.6 is 0 Å². The highest BCUT2D eigenvalue weighted by molar-refractivity contribution is 5.90. The third-order valence-electron chi connectivity index (χ3n) is 2.11. The first kappa shape index (κ1) is 13.4. The number of rotatable bonds is 2. The van der Waals surface area contributed by atoms with Gasteiger partial charge in [-0.2, -0.15) is 5.26 Å². The van der Waals surface area contributed by atoms with Crippen LogP contribution in [0.3, 0.4) is 0 Å². The van der Waals surface area contributed by atoms with Crippen molar-refractivity contribution >= 4 is 5.97 Å². The number of carboxylic acid groups (broad SMARTS) is 1. The van der Waals surface area contributed by atoms with Crippen LogP contribution in [0.5, 0.6) is 0 Å². The van der Waals surface area contributed by atoms with Crippen LogP contribution in [0.2, 0.25) is 0 Å². The number of nitriles is 1. The molecule has 1 aliphatic carbocycles. The molecule has 1 aliphatic rings. The second kappa shape index (κ2) is 5.99. The molecule has 0 aromatic heterocycles. The summed E-state index contributed by atoms with van der Waals surface area (Å²) in [6.45, 7) is 3.30. The summed E-state index contributed by atoms with van der Waals surface area (Å²) in [5.41, 5.74) is -0.577. The Bertz CT molecular complexity index is 325. The quantitative estimate of drug-likeness (QED) is 0.724. The molecule has 0 aromatic carbocycles. The van der Waals surface area contributed by atoms with Crippen LogP contribution in [0, 0.1) is 11.3 Å². The van der Waals surface area contributed by atoms with Gasteiger partial charge in [0.2, 0.25) is 0 Å². The van der Waals surface area contributed by atoms with E-state index >= 15 is 0 Å². The van der Waals surface area contributed by atoms with E-state index in [-0.39, 0.29) is 5.57 Å². The van der Waals surface area contributed by atoms with Crippen molar-refractivity contribution in [2.45, 2.75) is 32.3 Å². The first-order valence-corrected chi connectivity index (χ1v) is 4.65. The summed E-state index contributed by atoms with van der Waals surface area (Å²) in [6.07, 6.45) is 5.55. The Hall–Kier alpha value is -1.60. The molecule has 0 bridgehead atoms. The molecule has 1 atom stereocenters. The molecule has 0 saturated heterocycles. The Morgan fingerprint density at radius 1 is 1.73 bits per heavy atom. The number of hydrogen-bond donors (Lipinski definition) is 2. The zero-order valence-corrected chi connectivity index (χ0v) is 8.90. The SMILES string of the molecule is CC#N.CCC1(O)C=CC(C(=O)O)=CC1. The predicted molar refractivity (Wildman–Crippen MR) is 56.0 cm³/mol. The molecule has 0 aliphatic heterocycles. The molecule has 0 aromatic rings. The second-order valence-corrected chi connectivity index (χ2v) is 3.18. The number of carbonyl (C=O) groups is 1. The Morgan fingerprint density at radius 3 is 2.53 bits per heavy atom. The van der Waals surface area contributed by atoms with Gasteiger partial charge in [0.15, 0.2) is 0 Å². The Balaban J connectivity index is 0.000000583. The van der Waals surface area contributed by atoms with Crippen molar-refractivity contribution in [2.24, 2.45) is 0 Å². The molecule has 0 spiro atoms. The number of aliphatic carboxylic acids is 1. The van der Waals surface area contributed by atoms with Gasteiger partial charge in [-0.3, -0.25) is 0 Å². The topological polar surface area (TPSA) is 81.3 Å². The minimum absolute atomic E-state index is 0.258. The average molecular weight is 209 g/mol. The molecule has 1 unspecified atom stereocenters. The summed E-state index contributed by atoms with van der Waals surface area (Å²) in [4.78, 5) is 10.5. The Morgan fingerprint density at radius 2 is 2.27 bits per heavy atom. The van der Waals surface area contributed by atoms with Crippen molar-refractivity contribution in [2.75, 3.05) is 0 Å². The average Bonchev–Trinajstić information content (AvgIpc) is 2.20. The van der Waals surface area contributed by atoms with E-state index in [4.69, 9.17) is 10.4 Å². The fraction of sp³-hybridized carbons (Fsp3) is 0.455. The van der Waals surface area contributed by atoms with Crippen LogP contribution in [0.1, 0.15) is 26.7 Å². The highest BCUT2D eigenvalue weighted by atomic mass is 16.4. The van der Waals surface area contributed by atoms with Crippen LogP contribution in [0.25, 0.3) is 0 Å². The molecule has 0 fully saturated rings. The lowest BCUT2D eigenvalue weighted by Gasteiger charge is -2.23. The molecular weight excluding hydrogens is 194 g/mol. The zero-order chi connectivity index (χ0) is 11.9. The van der Waals surface area contributed by atoms with E-state index in [0.717, 1.165) is 0 Å². The number of nitrogens with zero attached hydrogens (tertiary/aromatic N) is 1. The van der Waals surface area contributed by atoms with Crippen LogP contribution in [-0.2, 0) is 4.79 Å². The second-order valence-electron chi connectivity index (χ2n) is 3.18. The summed E-state index contributed by atoms with van der Waals surface area (Å²) in [5.74, 6) is -0.940. The largest absolute Gasteiger partial charge is 0.478 e. The smallest absolute Gasteiger partial charge is 0.335 e. The van der Waals surface area contributed by atoms with Gasteiger partial charge >= 0.3 is 5.97 Å². The summed E-state index contributed by atoms with van der Waals surface area (Å²) in [7, 11) is 0. The molecular formula is C11H15NO3. The molecule has 0 amide bonds. The lowest BCUT2D eigenvalue weighted by atomic mass is 9.90. The van der Waals surface area contributed by atoms with Crippen molar-refractivity contribution in [1.82, 2.24) is 0 Å². The maximum absolute atomic E-state index is 10.5. The lowest BCUT2D eigenvalue weighted by Crippen LogP contribution is -2.26. The van der Waals surface area contributed by atoms with Crippen LogP contribution in [-0.4, -0.2) is 21.8 Å². The van der Waals surface area contributed by atoms with Crippen molar-refractivity contribution in [3.05, 3.63) is 23.8 Å². The molecule has 15 heavy (non-hydrogen) atoms. The third-order valence-corrected chi connectivity index (χ3v) is 2.11. The first-order valence-electron chi connectivity index (χ1n) is 4.65. The van der Waals surface area contributed by atoms with Gasteiger partial charge in [0, 0.05) is 6.92 Å². The maximum Gasteiger partial charge on any atom is 0.335 e. The van der Waals surface area contributed by atoms with Crippen molar-refractivity contribution in [3.63, 3.8) is 0 Å².